The summed E-state index contributed by atoms with van der Waals surface area (Å²) >= 11 is 2.97. The number of rotatable bonds is 7. The highest BCUT2D eigenvalue weighted by molar-refractivity contribution is 7.99. The summed E-state index contributed by atoms with van der Waals surface area (Å²) in [5.41, 5.74) is 2.05. The number of benzene rings is 1. The lowest BCUT2D eigenvalue weighted by atomic mass is 9.89. The average Bonchev–Trinajstić information content (AvgIpc) is 3.13. The molecule has 2 aromatic heterocycles. The Kier molecular flexibility index (Phi) is 6.62. The van der Waals surface area contributed by atoms with Crippen LogP contribution in [0.5, 0.6) is 0 Å². The van der Waals surface area contributed by atoms with Crippen LogP contribution in [0.2, 0.25) is 0 Å². The largest absolute Gasteiger partial charge is 0.312 e. The fraction of sp³-hybridized carbons (Fsp3) is 0.375. The highest BCUT2D eigenvalue weighted by atomic mass is 32.2. The van der Waals surface area contributed by atoms with E-state index in [1.807, 2.05) is 37.3 Å². The van der Waals surface area contributed by atoms with E-state index >= 15 is 0 Å². The second kappa shape index (κ2) is 9.40. The lowest BCUT2D eigenvalue weighted by Crippen LogP contribution is -2.32. The number of para-hydroxylation sites is 1. The number of fused-ring (bicyclic) bond motifs is 3. The Balaban J connectivity index is 1.65. The maximum atomic E-state index is 13.4. The van der Waals surface area contributed by atoms with Gasteiger partial charge in [0.15, 0.2) is 5.16 Å². The zero-order valence-corrected chi connectivity index (χ0v) is 19.6. The molecule has 1 aromatic carbocycles. The van der Waals surface area contributed by atoms with E-state index in [4.69, 9.17) is 4.98 Å². The van der Waals surface area contributed by atoms with Crippen molar-refractivity contribution in [3.05, 3.63) is 63.8 Å². The molecule has 4 rings (SSSR count). The van der Waals surface area contributed by atoms with Crippen LogP contribution in [-0.4, -0.2) is 27.8 Å². The highest BCUT2D eigenvalue weighted by Crippen LogP contribution is 2.36. The van der Waals surface area contributed by atoms with E-state index < -0.39 is 0 Å². The second-order valence-corrected chi connectivity index (χ2v) is 9.92. The molecule has 1 aliphatic carbocycles. The smallest absolute Gasteiger partial charge is 0.263 e. The van der Waals surface area contributed by atoms with Gasteiger partial charge in [-0.25, -0.2) is 4.98 Å². The molecule has 7 heteroatoms. The number of hydrogen-bond donors (Lipinski definition) is 0. The molecule has 162 valence electrons. The normalized spacial score (nSPS) is 15.6. The van der Waals surface area contributed by atoms with Crippen LogP contribution in [0.15, 0.2) is 52.9 Å². The van der Waals surface area contributed by atoms with Crippen molar-refractivity contribution in [2.75, 3.05) is 17.2 Å². The summed E-state index contributed by atoms with van der Waals surface area (Å²) < 4.78 is 1.66. The number of amides is 1. The van der Waals surface area contributed by atoms with E-state index in [0.29, 0.717) is 24.2 Å². The molecule has 0 saturated heterocycles. The van der Waals surface area contributed by atoms with Crippen molar-refractivity contribution in [1.29, 1.82) is 0 Å². The van der Waals surface area contributed by atoms with Crippen LogP contribution in [0, 0.1) is 5.92 Å². The summed E-state index contributed by atoms with van der Waals surface area (Å²) in [4.78, 5) is 35.0. The van der Waals surface area contributed by atoms with Gasteiger partial charge in [-0.3, -0.25) is 14.2 Å². The molecule has 0 fully saturated rings. The van der Waals surface area contributed by atoms with Crippen molar-refractivity contribution in [2.45, 2.75) is 44.8 Å². The topological polar surface area (TPSA) is 55.2 Å². The standard InChI is InChI=1S/C24H27N3O2S2/c1-4-13-27-23(29)21-18-12-11-16(3)14-19(18)31-22(21)25-24(27)30-15-20(28)26(5-2)17-9-7-6-8-10-17/h4,6-10,16H,1,5,11-15H2,2-3H3/t16-/m0/s1. The summed E-state index contributed by atoms with van der Waals surface area (Å²) in [6.45, 7) is 9.01. The molecule has 2 heterocycles. The van der Waals surface area contributed by atoms with Crippen LogP contribution in [0.3, 0.4) is 0 Å². The third-order valence-electron chi connectivity index (χ3n) is 5.70. The maximum Gasteiger partial charge on any atom is 0.263 e. The minimum atomic E-state index is -0.0118. The predicted molar refractivity (Wildman–Crippen MR) is 130 cm³/mol. The molecule has 0 unspecified atom stereocenters. The first-order valence-electron chi connectivity index (χ1n) is 10.7. The molecule has 0 bridgehead atoms. The fourth-order valence-corrected chi connectivity index (χ4v) is 6.43. The summed E-state index contributed by atoms with van der Waals surface area (Å²) in [5, 5.41) is 1.35. The molecule has 1 aliphatic rings. The number of anilines is 1. The van der Waals surface area contributed by atoms with Crippen molar-refractivity contribution >= 4 is 44.9 Å². The number of aromatic nitrogens is 2. The van der Waals surface area contributed by atoms with Crippen LogP contribution in [0.4, 0.5) is 5.69 Å². The van der Waals surface area contributed by atoms with Crippen LogP contribution in [-0.2, 0) is 24.2 Å². The zero-order valence-electron chi connectivity index (χ0n) is 18.0. The van der Waals surface area contributed by atoms with Gasteiger partial charge in [0.1, 0.15) is 4.83 Å². The van der Waals surface area contributed by atoms with Crippen LogP contribution >= 0.6 is 23.1 Å². The van der Waals surface area contributed by atoms with Crippen molar-refractivity contribution in [3.8, 4) is 0 Å². The number of aryl methyl sites for hydroxylation is 1. The van der Waals surface area contributed by atoms with Gasteiger partial charge in [-0.1, -0.05) is 43.0 Å². The molecule has 1 atom stereocenters. The fourth-order valence-electron chi connectivity index (χ4n) is 4.12. The van der Waals surface area contributed by atoms with Gasteiger partial charge in [-0.15, -0.1) is 17.9 Å². The molecule has 0 aliphatic heterocycles. The van der Waals surface area contributed by atoms with Gasteiger partial charge < -0.3 is 4.90 Å². The third-order valence-corrected chi connectivity index (χ3v) is 7.81. The molecule has 0 spiro atoms. The molecule has 5 nitrogen and oxygen atoms in total. The SMILES string of the molecule is C=CCn1c(SCC(=O)N(CC)c2ccccc2)nc2sc3c(c2c1=O)CC[C@H](C)C3. The Hall–Kier alpha value is -2.38. The van der Waals surface area contributed by atoms with Gasteiger partial charge in [-0.2, -0.15) is 0 Å². The van der Waals surface area contributed by atoms with E-state index in [9.17, 15) is 9.59 Å². The molecular formula is C24H27N3O2S2. The Bertz CT molecular complexity index is 1170. The van der Waals surface area contributed by atoms with Gasteiger partial charge >= 0.3 is 0 Å². The van der Waals surface area contributed by atoms with E-state index in [1.54, 1.807) is 26.9 Å². The van der Waals surface area contributed by atoms with Crippen LogP contribution in [0.1, 0.15) is 30.7 Å². The minimum absolute atomic E-state index is 0.00232. The van der Waals surface area contributed by atoms with Crippen molar-refractivity contribution < 1.29 is 4.79 Å². The molecular weight excluding hydrogens is 426 g/mol. The van der Waals surface area contributed by atoms with E-state index in [2.05, 4.69) is 13.5 Å². The van der Waals surface area contributed by atoms with Gasteiger partial charge in [0.05, 0.1) is 11.1 Å². The number of hydrogen-bond acceptors (Lipinski definition) is 5. The van der Waals surface area contributed by atoms with Crippen LogP contribution in [0.25, 0.3) is 10.2 Å². The quantitative estimate of drug-likeness (QED) is 0.290. The molecule has 1 amide bonds. The predicted octanol–water partition coefficient (Wildman–Crippen LogP) is 4.91. The summed E-state index contributed by atoms with van der Waals surface area (Å²) in [6, 6.07) is 9.65. The Morgan fingerprint density at radius 2 is 2.16 bits per heavy atom. The first kappa shape index (κ1) is 21.8. The number of carbonyl (C=O) groups excluding carboxylic acids is 1. The summed E-state index contributed by atoms with van der Waals surface area (Å²) in [7, 11) is 0. The van der Waals surface area contributed by atoms with Crippen molar-refractivity contribution in [1.82, 2.24) is 9.55 Å². The molecule has 0 saturated carbocycles. The van der Waals surface area contributed by atoms with Gasteiger partial charge in [0.2, 0.25) is 5.91 Å². The molecule has 31 heavy (non-hydrogen) atoms. The Labute approximate surface area is 190 Å². The first-order valence-corrected chi connectivity index (χ1v) is 12.5. The summed E-state index contributed by atoms with van der Waals surface area (Å²) in [6.07, 6.45) is 4.77. The highest BCUT2D eigenvalue weighted by Gasteiger charge is 2.25. The van der Waals surface area contributed by atoms with Gasteiger partial charge in [0.25, 0.3) is 5.56 Å². The number of thioether (sulfide) groups is 1. The number of thiophene rings is 1. The first-order chi connectivity index (χ1) is 15.0. The van der Waals surface area contributed by atoms with Gasteiger partial charge in [-0.05, 0) is 49.8 Å². The third kappa shape index (κ3) is 4.34. The number of nitrogens with zero attached hydrogens (tertiary/aromatic N) is 3. The lowest BCUT2D eigenvalue weighted by Gasteiger charge is -2.21. The van der Waals surface area contributed by atoms with Crippen molar-refractivity contribution in [2.24, 2.45) is 5.92 Å². The Morgan fingerprint density at radius 3 is 2.87 bits per heavy atom. The minimum Gasteiger partial charge on any atom is -0.312 e. The second-order valence-electron chi connectivity index (χ2n) is 7.89. The van der Waals surface area contributed by atoms with Crippen molar-refractivity contribution in [3.63, 3.8) is 0 Å². The summed E-state index contributed by atoms with van der Waals surface area (Å²) in [5.74, 6) is 0.859. The Morgan fingerprint density at radius 1 is 1.39 bits per heavy atom. The number of carbonyl (C=O) groups is 1. The number of allylic oxidation sites excluding steroid dienone is 1. The average molecular weight is 454 g/mol. The maximum absolute atomic E-state index is 13.4. The van der Waals surface area contributed by atoms with E-state index in [0.717, 1.165) is 35.2 Å². The molecule has 3 aromatic rings. The monoisotopic (exact) mass is 453 g/mol. The molecule has 0 N–H and O–H groups in total. The molecule has 0 radical (unpaired) electrons. The van der Waals surface area contributed by atoms with Crippen LogP contribution < -0.4 is 10.5 Å². The van der Waals surface area contributed by atoms with E-state index in [1.165, 1.54) is 22.2 Å². The van der Waals surface area contributed by atoms with Gasteiger partial charge in [0, 0.05) is 23.7 Å². The lowest BCUT2D eigenvalue weighted by molar-refractivity contribution is -0.116. The zero-order chi connectivity index (χ0) is 22.0. The van der Waals surface area contributed by atoms with E-state index in [-0.39, 0.29) is 17.2 Å².